The van der Waals surface area contributed by atoms with E-state index in [9.17, 15) is 5.11 Å². The van der Waals surface area contributed by atoms with Crippen molar-refractivity contribution >= 4 is 5.57 Å². The van der Waals surface area contributed by atoms with Crippen LogP contribution in [0.25, 0.3) is 5.57 Å². The van der Waals surface area contributed by atoms with E-state index >= 15 is 0 Å². The maximum absolute atomic E-state index is 10.2. The van der Waals surface area contributed by atoms with Crippen LogP contribution in [0.2, 0.25) is 0 Å². The lowest BCUT2D eigenvalue weighted by atomic mass is 9.44. The van der Waals surface area contributed by atoms with E-state index in [-0.39, 0.29) is 6.10 Å². The van der Waals surface area contributed by atoms with E-state index in [2.05, 4.69) is 50.3 Å². The summed E-state index contributed by atoms with van der Waals surface area (Å²) in [4.78, 5) is 0. The van der Waals surface area contributed by atoms with E-state index in [1.165, 1.54) is 44.1 Å². The highest BCUT2D eigenvalue weighted by atomic mass is 16.3. The molecule has 0 saturated heterocycles. The molecule has 4 aliphatic carbocycles. The lowest BCUT2D eigenvalue weighted by Gasteiger charge is -2.60. The van der Waals surface area contributed by atoms with E-state index in [0.29, 0.717) is 10.8 Å². The zero-order chi connectivity index (χ0) is 17.9. The Morgan fingerprint density at radius 1 is 0.923 bits per heavy atom. The molecule has 5 rings (SSSR count). The molecule has 3 fully saturated rings. The van der Waals surface area contributed by atoms with Crippen molar-refractivity contribution in [3.05, 3.63) is 42.0 Å². The summed E-state index contributed by atoms with van der Waals surface area (Å²) in [5, 5.41) is 10.2. The van der Waals surface area contributed by atoms with Crippen LogP contribution in [0.3, 0.4) is 0 Å². The molecular weight excluding hydrogens is 316 g/mol. The molecule has 0 unspecified atom stereocenters. The van der Waals surface area contributed by atoms with Crippen LogP contribution in [0, 0.1) is 34.5 Å². The summed E-state index contributed by atoms with van der Waals surface area (Å²) < 4.78 is 0. The van der Waals surface area contributed by atoms with Gasteiger partial charge in [0, 0.05) is 0 Å². The third-order valence-corrected chi connectivity index (χ3v) is 9.30. The van der Waals surface area contributed by atoms with E-state index in [1.807, 2.05) is 0 Å². The Kier molecular flexibility index (Phi) is 3.91. The van der Waals surface area contributed by atoms with Crippen LogP contribution in [-0.4, -0.2) is 11.2 Å². The first-order valence-electron chi connectivity index (χ1n) is 11.0. The molecule has 140 valence electrons. The summed E-state index contributed by atoms with van der Waals surface area (Å²) >= 11 is 0. The van der Waals surface area contributed by atoms with Gasteiger partial charge in [-0.2, -0.15) is 0 Å². The Labute approximate surface area is 158 Å². The standard InChI is InChI=1S/C25H34O/c1-24-14-12-19(26)16-18(24)8-9-20-22-11-10-21(17-6-4-3-5-7-17)25(22,2)15-13-23(20)24/h3-7,10,18-20,22-23,26H,8-9,11-16H2,1-2H3/t18-,19+,20-,22-,23-,24-,25+/m0/s1. The van der Waals surface area contributed by atoms with Gasteiger partial charge >= 0.3 is 0 Å². The van der Waals surface area contributed by atoms with Crippen LogP contribution in [0.1, 0.15) is 70.8 Å². The molecule has 7 atom stereocenters. The molecule has 0 heterocycles. The van der Waals surface area contributed by atoms with Crippen LogP contribution < -0.4 is 0 Å². The van der Waals surface area contributed by atoms with Gasteiger partial charge in [0.25, 0.3) is 0 Å². The molecule has 1 aromatic carbocycles. The lowest BCUT2D eigenvalue weighted by molar-refractivity contribution is -0.115. The van der Waals surface area contributed by atoms with Gasteiger partial charge < -0.3 is 5.11 Å². The second-order valence-corrected chi connectivity index (χ2v) is 10.3. The van der Waals surface area contributed by atoms with E-state index in [4.69, 9.17) is 0 Å². The maximum Gasteiger partial charge on any atom is 0.0543 e. The minimum absolute atomic E-state index is 0.0312. The Morgan fingerprint density at radius 2 is 1.73 bits per heavy atom. The molecule has 0 bridgehead atoms. The number of hydrogen-bond donors (Lipinski definition) is 1. The van der Waals surface area contributed by atoms with Gasteiger partial charge in [0.15, 0.2) is 0 Å². The Balaban J connectivity index is 1.44. The van der Waals surface area contributed by atoms with Crippen molar-refractivity contribution in [2.75, 3.05) is 0 Å². The summed E-state index contributed by atoms with van der Waals surface area (Å²) in [6, 6.07) is 11.1. The zero-order valence-electron chi connectivity index (χ0n) is 16.5. The third-order valence-electron chi connectivity index (χ3n) is 9.30. The van der Waals surface area contributed by atoms with E-state index < -0.39 is 0 Å². The summed E-state index contributed by atoms with van der Waals surface area (Å²) in [6.07, 6.45) is 12.7. The van der Waals surface area contributed by atoms with Crippen molar-refractivity contribution < 1.29 is 5.11 Å². The first-order valence-corrected chi connectivity index (χ1v) is 11.0. The average Bonchev–Trinajstić information content (AvgIpc) is 3.00. The number of aliphatic hydroxyl groups excluding tert-OH is 1. The first kappa shape index (κ1) is 17.0. The second-order valence-electron chi connectivity index (χ2n) is 10.3. The quantitative estimate of drug-likeness (QED) is 0.650. The van der Waals surface area contributed by atoms with E-state index in [0.717, 1.165) is 36.5 Å². The Hall–Kier alpha value is -1.08. The van der Waals surface area contributed by atoms with Crippen LogP contribution in [0.5, 0.6) is 0 Å². The minimum atomic E-state index is -0.0312. The van der Waals surface area contributed by atoms with Gasteiger partial charge in [-0.25, -0.2) is 0 Å². The number of fused-ring (bicyclic) bond motifs is 5. The normalized spacial score (nSPS) is 47.5. The highest BCUT2D eigenvalue weighted by Gasteiger charge is 2.58. The minimum Gasteiger partial charge on any atom is -0.393 e. The van der Waals surface area contributed by atoms with Crippen molar-refractivity contribution in [2.45, 2.75) is 71.3 Å². The van der Waals surface area contributed by atoms with Crippen molar-refractivity contribution in [3.8, 4) is 0 Å². The SMILES string of the molecule is C[C@]12CC[C@@H](O)C[C@@H]1CC[C@@H]1[C@@H]2CC[C@]2(C)C(c3ccccc3)=CC[C@@H]12. The summed E-state index contributed by atoms with van der Waals surface area (Å²) in [7, 11) is 0. The van der Waals surface area contributed by atoms with Crippen LogP contribution in [0.15, 0.2) is 36.4 Å². The molecule has 1 aromatic rings. The fourth-order valence-electron chi connectivity index (χ4n) is 7.87. The fraction of sp³-hybridized carbons (Fsp3) is 0.680. The van der Waals surface area contributed by atoms with Gasteiger partial charge in [0.2, 0.25) is 0 Å². The number of benzene rings is 1. The molecular formula is C25H34O. The van der Waals surface area contributed by atoms with Gasteiger partial charge in [0.05, 0.1) is 6.10 Å². The van der Waals surface area contributed by atoms with Gasteiger partial charge in [0.1, 0.15) is 0 Å². The van der Waals surface area contributed by atoms with Crippen molar-refractivity contribution in [1.82, 2.24) is 0 Å². The van der Waals surface area contributed by atoms with Gasteiger partial charge in [-0.15, -0.1) is 0 Å². The molecule has 3 saturated carbocycles. The molecule has 4 aliphatic rings. The number of aliphatic hydroxyl groups is 1. The molecule has 1 nitrogen and oxygen atoms in total. The predicted molar refractivity (Wildman–Crippen MR) is 108 cm³/mol. The molecule has 1 N–H and O–H groups in total. The largest absolute Gasteiger partial charge is 0.393 e. The smallest absolute Gasteiger partial charge is 0.0543 e. The third kappa shape index (κ3) is 2.32. The number of allylic oxidation sites excluding steroid dienone is 2. The zero-order valence-corrected chi connectivity index (χ0v) is 16.5. The highest BCUT2D eigenvalue weighted by Crippen LogP contribution is 2.67. The summed E-state index contributed by atoms with van der Waals surface area (Å²) in [5.41, 5.74) is 3.95. The Morgan fingerprint density at radius 3 is 2.54 bits per heavy atom. The average molecular weight is 351 g/mol. The molecule has 26 heavy (non-hydrogen) atoms. The highest BCUT2D eigenvalue weighted by molar-refractivity contribution is 5.72. The van der Waals surface area contributed by atoms with Gasteiger partial charge in [-0.1, -0.05) is 50.3 Å². The topological polar surface area (TPSA) is 20.2 Å². The molecule has 0 amide bonds. The summed E-state index contributed by atoms with van der Waals surface area (Å²) in [6.45, 7) is 5.16. The lowest BCUT2D eigenvalue weighted by Crippen LogP contribution is -2.53. The molecule has 0 aromatic heterocycles. The second kappa shape index (κ2) is 5.96. The molecule has 0 spiro atoms. The Bertz CT molecular complexity index is 706. The van der Waals surface area contributed by atoms with Gasteiger partial charge in [-0.3, -0.25) is 0 Å². The van der Waals surface area contributed by atoms with E-state index in [1.54, 1.807) is 5.57 Å². The van der Waals surface area contributed by atoms with Gasteiger partial charge in [-0.05, 0) is 97.0 Å². The van der Waals surface area contributed by atoms with Crippen molar-refractivity contribution in [3.63, 3.8) is 0 Å². The van der Waals surface area contributed by atoms with Crippen LogP contribution in [0.4, 0.5) is 0 Å². The number of hydrogen-bond acceptors (Lipinski definition) is 1. The number of rotatable bonds is 1. The van der Waals surface area contributed by atoms with Crippen molar-refractivity contribution in [1.29, 1.82) is 0 Å². The molecule has 1 heteroatoms. The van der Waals surface area contributed by atoms with Crippen molar-refractivity contribution in [2.24, 2.45) is 34.5 Å². The predicted octanol–water partition coefficient (Wildman–Crippen LogP) is 6.08. The van der Waals surface area contributed by atoms with Crippen LogP contribution >= 0.6 is 0 Å². The first-order chi connectivity index (χ1) is 12.5. The fourth-order valence-corrected chi connectivity index (χ4v) is 7.87. The summed E-state index contributed by atoms with van der Waals surface area (Å²) in [5.74, 6) is 3.37. The molecule has 0 aliphatic heterocycles. The maximum atomic E-state index is 10.2. The molecule has 0 radical (unpaired) electrons. The van der Waals surface area contributed by atoms with Crippen LogP contribution in [-0.2, 0) is 0 Å². The monoisotopic (exact) mass is 350 g/mol.